The monoisotopic (exact) mass is 352 g/mol. The van der Waals surface area contributed by atoms with Gasteiger partial charge in [-0.2, -0.15) is 9.89 Å². The summed E-state index contributed by atoms with van der Waals surface area (Å²) in [5, 5.41) is 5.73. The first-order valence-electron chi connectivity index (χ1n) is 7.84. The fourth-order valence-electron chi connectivity index (χ4n) is 2.63. The lowest BCUT2D eigenvalue weighted by atomic mass is 10.1. The molecule has 3 heterocycles. The molecule has 0 unspecified atom stereocenters. The van der Waals surface area contributed by atoms with E-state index in [1.54, 1.807) is 35.0 Å². The molecule has 4 rings (SSSR count). The van der Waals surface area contributed by atoms with Gasteiger partial charge in [0.15, 0.2) is 0 Å². The fraction of sp³-hybridized carbons (Fsp3) is 0.118. The molecule has 3 aromatic heterocycles. The Bertz CT molecular complexity index is 1060. The van der Waals surface area contributed by atoms with E-state index in [9.17, 15) is 9.30 Å². The number of oxazole rings is 1. The van der Waals surface area contributed by atoms with E-state index < -0.39 is 0 Å². The van der Waals surface area contributed by atoms with Crippen LogP contribution in [0.1, 0.15) is 0 Å². The highest BCUT2D eigenvalue weighted by Crippen LogP contribution is 2.32. The van der Waals surface area contributed by atoms with Crippen LogP contribution in [0, 0.1) is 10.7 Å². The number of halogens is 1. The van der Waals surface area contributed by atoms with Crippen LogP contribution in [-0.2, 0) is 0 Å². The van der Waals surface area contributed by atoms with Gasteiger partial charge in [0.2, 0.25) is 5.95 Å². The van der Waals surface area contributed by atoms with Crippen LogP contribution >= 0.6 is 0 Å². The second-order valence-corrected chi connectivity index (χ2v) is 5.42. The van der Waals surface area contributed by atoms with Crippen molar-refractivity contribution >= 4 is 11.8 Å². The minimum absolute atomic E-state index is 0.118. The number of nitroso groups, excluding NO2 is 1. The van der Waals surface area contributed by atoms with Gasteiger partial charge in [0, 0.05) is 24.5 Å². The van der Waals surface area contributed by atoms with Gasteiger partial charge in [-0.3, -0.25) is 4.40 Å². The Morgan fingerprint density at radius 1 is 1.19 bits per heavy atom. The Hall–Kier alpha value is -3.62. The molecule has 0 atom stereocenters. The van der Waals surface area contributed by atoms with Gasteiger partial charge in [-0.15, -0.1) is 0 Å². The van der Waals surface area contributed by atoms with Gasteiger partial charge in [-0.25, -0.2) is 14.4 Å². The van der Waals surface area contributed by atoms with Crippen LogP contribution in [0.25, 0.3) is 28.5 Å². The quantitative estimate of drug-likeness (QED) is 0.422. The van der Waals surface area contributed by atoms with Crippen molar-refractivity contribution in [2.75, 3.05) is 18.4 Å². The van der Waals surface area contributed by atoms with E-state index >= 15 is 0 Å². The zero-order valence-corrected chi connectivity index (χ0v) is 13.5. The molecule has 0 aliphatic carbocycles. The molecule has 0 saturated heterocycles. The molecule has 0 radical (unpaired) electrons. The predicted molar refractivity (Wildman–Crippen MR) is 93.0 cm³/mol. The summed E-state index contributed by atoms with van der Waals surface area (Å²) in [6.07, 6.45) is 4.86. The largest absolute Gasteiger partial charge is 0.432 e. The second kappa shape index (κ2) is 6.71. The topological polar surface area (TPSA) is 97.7 Å². The van der Waals surface area contributed by atoms with E-state index in [1.807, 2.05) is 0 Å². The van der Waals surface area contributed by atoms with Crippen LogP contribution in [0.3, 0.4) is 0 Å². The lowest BCUT2D eigenvalue weighted by Crippen LogP contribution is -2.08. The average Bonchev–Trinajstić information content (AvgIpc) is 3.24. The molecule has 9 heteroatoms. The van der Waals surface area contributed by atoms with Gasteiger partial charge in [-0.1, -0.05) is 5.18 Å². The normalized spacial score (nSPS) is 11.0. The van der Waals surface area contributed by atoms with Gasteiger partial charge < -0.3 is 9.73 Å². The Morgan fingerprint density at radius 3 is 2.85 bits per heavy atom. The number of anilines is 1. The molecule has 8 nitrogen and oxygen atoms in total. The SMILES string of the molecule is O=NCCNc1nccc(-c2c(-c3ccc(F)cc3)nc3occn23)n1. The number of nitrogens with zero attached hydrogens (tertiary/aromatic N) is 5. The Labute approximate surface area is 146 Å². The first-order valence-corrected chi connectivity index (χ1v) is 7.84. The minimum Gasteiger partial charge on any atom is -0.432 e. The summed E-state index contributed by atoms with van der Waals surface area (Å²) in [4.78, 5) is 23.3. The summed E-state index contributed by atoms with van der Waals surface area (Å²) >= 11 is 0. The lowest BCUT2D eigenvalue weighted by molar-refractivity contribution is 0.596. The third-order valence-electron chi connectivity index (χ3n) is 3.76. The Morgan fingerprint density at radius 2 is 2.04 bits per heavy atom. The van der Waals surface area contributed by atoms with Crippen molar-refractivity contribution in [1.82, 2.24) is 19.4 Å². The molecule has 0 bridgehead atoms. The van der Waals surface area contributed by atoms with Crippen LogP contribution in [0.15, 0.2) is 58.6 Å². The van der Waals surface area contributed by atoms with Crippen molar-refractivity contribution in [2.24, 2.45) is 5.18 Å². The summed E-state index contributed by atoms with van der Waals surface area (Å²) in [5.74, 6) is 0.447. The number of hydrogen-bond donors (Lipinski definition) is 1. The van der Waals surface area contributed by atoms with Crippen molar-refractivity contribution in [1.29, 1.82) is 0 Å². The Kier molecular flexibility index (Phi) is 4.10. The lowest BCUT2D eigenvalue weighted by Gasteiger charge is -2.06. The number of aromatic nitrogens is 4. The molecule has 130 valence electrons. The minimum atomic E-state index is -0.324. The summed E-state index contributed by atoms with van der Waals surface area (Å²) in [7, 11) is 0. The molecular formula is C17H13FN6O2. The zero-order chi connectivity index (χ0) is 17.9. The molecule has 0 amide bonds. The second-order valence-electron chi connectivity index (χ2n) is 5.42. The van der Waals surface area contributed by atoms with E-state index in [2.05, 4.69) is 25.4 Å². The van der Waals surface area contributed by atoms with Crippen LogP contribution in [-0.4, -0.2) is 32.4 Å². The van der Waals surface area contributed by atoms with E-state index in [-0.39, 0.29) is 12.4 Å². The maximum Gasteiger partial charge on any atom is 0.306 e. The van der Waals surface area contributed by atoms with Crippen molar-refractivity contribution in [3.63, 3.8) is 0 Å². The molecule has 0 saturated carbocycles. The molecule has 0 aliphatic heterocycles. The van der Waals surface area contributed by atoms with Crippen LogP contribution in [0.4, 0.5) is 10.3 Å². The van der Waals surface area contributed by atoms with E-state index in [0.29, 0.717) is 35.4 Å². The van der Waals surface area contributed by atoms with Crippen LogP contribution in [0.5, 0.6) is 0 Å². The third-order valence-corrected chi connectivity index (χ3v) is 3.76. The summed E-state index contributed by atoms with van der Waals surface area (Å²) in [5.41, 5.74) is 2.65. The van der Waals surface area contributed by atoms with Crippen molar-refractivity contribution in [3.05, 3.63) is 59.7 Å². The van der Waals surface area contributed by atoms with E-state index in [4.69, 9.17) is 4.42 Å². The van der Waals surface area contributed by atoms with Gasteiger partial charge in [0.1, 0.15) is 23.5 Å². The molecule has 26 heavy (non-hydrogen) atoms. The van der Waals surface area contributed by atoms with Gasteiger partial charge >= 0.3 is 5.84 Å². The number of rotatable bonds is 6. The smallest absolute Gasteiger partial charge is 0.306 e. The number of hydrogen-bond acceptors (Lipinski definition) is 7. The zero-order valence-electron chi connectivity index (χ0n) is 13.5. The Balaban J connectivity index is 1.81. The molecule has 0 spiro atoms. The van der Waals surface area contributed by atoms with E-state index in [0.717, 1.165) is 5.56 Å². The molecule has 4 aromatic rings. The fourth-order valence-corrected chi connectivity index (χ4v) is 2.63. The standard InChI is InChI=1S/C17H13FN6O2/c18-12-3-1-11(2-4-12)14-15(24-9-10-26-17(24)23-14)13-5-6-19-16(22-13)20-7-8-21-25/h1-6,9-10H,7-8H2,(H,19,20,22). The predicted octanol–water partition coefficient (Wildman–Crippen LogP) is 3.37. The van der Waals surface area contributed by atoms with Gasteiger partial charge in [0.25, 0.3) is 0 Å². The maximum atomic E-state index is 13.3. The molecule has 1 N–H and O–H groups in total. The summed E-state index contributed by atoms with van der Waals surface area (Å²) in [6, 6.07) is 7.79. The van der Waals surface area contributed by atoms with Crippen molar-refractivity contribution in [2.45, 2.75) is 0 Å². The number of fused-ring (bicyclic) bond motifs is 1. The summed E-state index contributed by atoms with van der Waals surface area (Å²) < 4.78 is 20.4. The third kappa shape index (κ3) is 2.90. The summed E-state index contributed by atoms with van der Waals surface area (Å²) in [6.45, 7) is 0.457. The number of imidazole rings is 1. The number of nitrogens with one attached hydrogen (secondary N) is 1. The van der Waals surface area contributed by atoms with Gasteiger partial charge in [0.05, 0.1) is 12.2 Å². The molecule has 0 aliphatic rings. The first-order chi connectivity index (χ1) is 12.8. The van der Waals surface area contributed by atoms with E-state index in [1.165, 1.54) is 18.4 Å². The van der Waals surface area contributed by atoms with Crippen molar-refractivity contribution in [3.8, 4) is 22.6 Å². The maximum absolute atomic E-state index is 13.3. The number of benzene rings is 1. The highest BCUT2D eigenvalue weighted by molar-refractivity contribution is 5.79. The molecule has 0 fully saturated rings. The molecular weight excluding hydrogens is 339 g/mol. The molecule has 1 aromatic carbocycles. The highest BCUT2D eigenvalue weighted by Gasteiger charge is 2.19. The van der Waals surface area contributed by atoms with Crippen molar-refractivity contribution < 1.29 is 8.81 Å². The van der Waals surface area contributed by atoms with Crippen LogP contribution in [0.2, 0.25) is 0 Å². The average molecular weight is 352 g/mol. The highest BCUT2D eigenvalue weighted by atomic mass is 19.1. The van der Waals surface area contributed by atoms with Gasteiger partial charge in [-0.05, 0) is 30.3 Å². The van der Waals surface area contributed by atoms with Crippen LogP contribution < -0.4 is 5.32 Å². The first kappa shape index (κ1) is 15.9.